The maximum absolute atomic E-state index is 13.3. The molecule has 0 spiro atoms. The fourth-order valence-corrected chi connectivity index (χ4v) is 2.76. The number of guanidine groups is 1. The molecule has 6 heteroatoms. The molecule has 0 radical (unpaired) electrons. The molecular formula is C16H20FN3OS. The fourth-order valence-electron chi connectivity index (χ4n) is 2.06. The second-order valence-corrected chi connectivity index (χ2v) is 5.97. The number of rotatable bonds is 5. The lowest BCUT2D eigenvalue weighted by Crippen LogP contribution is -2.39. The first-order valence-corrected chi connectivity index (χ1v) is 7.89. The normalized spacial score (nSPS) is 11.5. The molecule has 0 aliphatic rings. The topological polar surface area (TPSA) is 47.9 Å². The van der Waals surface area contributed by atoms with E-state index in [4.69, 9.17) is 0 Å². The van der Waals surface area contributed by atoms with Crippen LogP contribution in [-0.2, 0) is 13.0 Å². The summed E-state index contributed by atoms with van der Waals surface area (Å²) in [4.78, 5) is 7.61. The molecule has 1 aromatic carbocycles. The number of halogens is 1. The largest absolute Gasteiger partial charge is 0.505 e. The number of phenolic OH excluding ortho intramolecular Hbond substituents is 1. The number of aromatic hydroxyl groups is 1. The summed E-state index contributed by atoms with van der Waals surface area (Å²) in [7, 11) is 3.70. The molecular weight excluding hydrogens is 301 g/mol. The summed E-state index contributed by atoms with van der Waals surface area (Å²) in [6, 6.07) is 8.53. The molecule has 0 amide bonds. The zero-order valence-electron chi connectivity index (χ0n) is 12.7. The van der Waals surface area contributed by atoms with Crippen LogP contribution in [0.5, 0.6) is 5.75 Å². The molecule has 0 saturated heterocycles. The van der Waals surface area contributed by atoms with Gasteiger partial charge in [-0.05, 0) is 35.6 Å². The highest BCUT2D eigenvalue weighted by molar-refractivity contribution is 7.09. The minimum atomic E-state index is -0.611. The van der Waals surface area contributed by atoms with Crippen LogP contribution in [-0.4, -0.2) is 36.6 Å². The first-order chi connectivity index (χ1) is 10.6. The summed E-state index contributed by atoms with van der Waals surface area (Å²) in [5, 5.41) is 14.5. The Hall–Kier alpha value is -2.08. The van der Waals surface area contributed by atoms with Gasteiger partial charge < -0.3 is 15.3 Å². The number of thiophene rings is 1. The average Bonchev–Trinajstić information content (AvgIpc) is 3.02. The van der Waals surface area contributed by atoms with E-state index >= 15 is 0 Å². The van der Waals surface area contributed by atoms with Gasteiger partial charge in [0.1, 0.15) is 0 Å². The van der Waals surface area contributed by atoms with Crippen LogP contribution in [0, 0.1) is 5.82 Å². The molecule has 22 heavy (non-hydrogen) atoms. The number of hydrogen-bond donors (Lipinski definition) is 2. The summed E-state index contributed by atoms with van der Waals surface area (Å²) in [6.07, 6.45) is 0.961. The molecule has 1 heterocycles. The predicted octanol–water partition coefficient (Wildman–Crippen LogP) is 2.84. The van der Waals surface area contributed by atoms with Gasteiger partial charge in [0.2, 0.25) is 0 Å². The maximum Gasteiger partial charge on any atom is 0.193 e. The molecule has 0 aliphatic heterocycles. The lowest BCUT2D eigenvalue weighted by Gasteiger charge is -2.22. The molecule has 118 valence electrons. The standard InChI is InChI=1S/C16H20FN3OS/c1-18-16(20(2)8-7-13-4-3-9-22-13)19-11-12-5-6-15(21)14(17)10-12/h3-6,9-10,21H,7-8,11H2,1-2H3,(H,18,19). The number of nitrogens with zero attached hydrogens (tertiary/aromatic N) is 2. The van der Waals surface area contributed by atoms with Crippen LogP contribution < -0.4 is 5.32 Å². The Labute approximate surface area is 133 Å². The highest BCUT2D eigenvalue weighted by Gasteiger charge is 2.07. The lowest BCUT2D eigenvalue weighted by atomic mass is 10.2. The van der Waals surface area contributed by atoms with Gasteiger partial charge in [0.25, 0.3) is 0 Å². The number of nitrogens with one attached hydrogen (secondary N) is 1. The molecule has 1 aromatic heterocycles. The zero-order chi connectivity index (χ0) is 15.9. The van der Waals surface area contributed by atoms with Crippen molar-refractivity contribution < 1.29 is 9.50 Å². The molecule has 2 aromatic rings. The molecule has 4 nitrogen and oxygen atoms in total. The van der Waals surface area contributed by atoms with E-state index in [9.17, 15) is 9.50 Å². The van der Waals surface area contributed by atoms with Crippen molar-refractivity contribution in [2.45, 2.75) is 13.0 Å². The van der Waals surface area contributed by atoms with Crippen molar-refractivity contribution in [2.24, 2.45) is 4.99 Å². The monoisotopic (exact) mass is 321 g/mol. The Bertz CT molecular complexity index is 628. The molecule has 0 saturated carbocycles. The second-order valence-electron chi connectivity index (χ2n) is 4.94. The van der Waals surface area contributed by atoms with Gasteiger partial charge in [-0.15, -0.1) is 11.3 Å². The highest BCUT2D eigenvalue weighted by atomic mass is 32.1. The van der Waals surface area contributed by atoms with Gasteiger partial charge in [0, 0.05) is 32.1 Å². The van der Waals surface area contributed by atoms with Crippen LogP contribution in [0.2, 0.25) is 0 Å². The number of likely N-dealkylation sites (N-methyl/N-ethyl adjacent to an activating group) is 1. The number of phenols is 1. The Morgan fingerprint density at radius 2 is 2.23 bits per heavy atom. The van der Waals surface area contributed by atoms with E-state index in [0.717, 1.165) is 24.5 Å². The lowest BCUT2D eigenvalue weighted by molar-refractivity contribution is 0.431. The Morgan fingerprint density at radius 3 is 2.86 bits per heavy atom. The summed E-state index contributed by atoms with van der Waals surface area (Å²) in [5.74, 6) is -0.188. The Balaban J connectivity index is 1.87. The van der Waals surface area contributed by atoms with E-state index in [2.05, 4.69) is 21.8 Å². The number of benzene rings is 1. The number of aliphatic imine (C=N–C) groups is 1. The first-order valence-electron chi connectivity index (χ1n) is 7.01. The van der Waals surface area contributed by atoms with Crippen molar-refractivity contribution in [3.63, 3.8) is 0 Å². The zero-order valence-corrected chi connectivity index (χ0v) is 13.5. The molecule has 0 aliphatic carbocycles. The van der Waals surface area contributed by atoms with Gasteiger partial charge in [0.05, 0.1) is 0 Å². The SMILES string of the molecule is CN=C(NCc1ccc(O)c(F)c1)N(C)CCc1cccs1. The average molecular weight is 321 g/mol. The van der Waals surface area contributed by atoms with E-state index in [1.807, 2.05) is 18.0 Å². The van der Waals surface area contributed by atoms with Gasteiger partial charge in [-0.2, -0.15) is 0 Å². The van der Waals surface area contributed by atoms with Crippen LogP contribution in [0.3, 0.4) is 0 Å². The van der Waals surface area contributed by atoms with Gasteiger partial charge in [-0.25, -0.2) is 4.39 Å². The summed E-state index contributed by atoms with van der Waals surface area (Å²) < 4.78 is 13.3. The van der Waals surface area contributed by atoms with E-state index in [0.29, 0.717) is 6.54 Å². The van der Waals surface area contributed by atoms with E-state index in [1.54, 1.807) is 24.5 Å². The minimum Gasteiger partial charge on any atom is -0.505 e. The number of hydrogen-bond acceptors (Lipinski definition) is 3. The van der Waals surface area contributed by atoms with Crippen molar-refractivity contribution in [1.29, 1.82) is 0 Å². The molecule has 0 fully saturated rings. The molecule has 0 unspecified atom stereocenters. The van der Waals surface area contributed by atoms with Crippen molar-refractivity contribution in [2.75, 3.05) is 20.6 Å². The summed E-state index contributed by atoms with van der Waals surface area (Å²) >= 11 is 1.75. The summed E-state index contributed by atoms with van der Waals surface area (Å²) in [6.45, 7) is 1.30. The third-order valence-electron chi connectivity index (χ3n) is 3.31. The summed E-state index contributed by atoms with van der Waals surface area (Å²) in [5.41, 5.74) is 0.753. The van der Waals surface area contributed by atoms with E-state index < -0.39 is 5.82 Å². The molecule has 2 rings (SSSR count). The fraction of sp³-hybridized carbons (Fsp3) is 0.312. The maximum atomic E-state index is 13.3. The van der Waals surface area contributed by atoms with Gasteiger partial charge >= 0.3 is 0 Å². The first kappa shape index (κ1) is 16.3. The Morgan fingerprint density at radius 1 is 1.41 bits per heavy atom. The second kappa shape index (κ2) is 7.79. The minimum absolute atomic E-state index is 0.332. The van der Waals surface area contributed by atoms with Crippen molar-refractivity contribution in [3.05, 3.63) is 52.0 Å². The third kappa shape index (κ3) is 4.46. The van der Waals surface area contributed by atoms with E-state index in [-0.39, 0.29) is 5.75 Å². The third-order valence-corrected chi connectivity index (χ3v) is 4.25. The van der Waals surface area contributed by atoms with Crippen LogP contribution in [0.25, 0.3) is 0 Å². The van der Waals surface area contributed by atoms with Crippen molar-refractivity contribution >= 4 is 17.3 Å². The van der Waals surface area contributed by atoms with Crippen LogP contribution in [0.1, 0.15) is 10.4 Å². The predicted molar refractivity (Wildman–Crippen MR) is 88.9 cm³/mol. The molecule has 2 N–H and O–H groups in total. The smallest absolute Gasteiger partial charge is 0.193 e. The van der Waals surface area contributed by atoms with Crippen molar-refractivity contribution in [3.8, 4) is 5.75 Å². The van der Waals surface area contributed by atoms with Gasteiger partial charge in [-0.3, -0.25) is 4.99 Å². The molecule has 0 bridgehead atoms. The highest BCUT2D eigenvalue weighted by Crippen LogP contribution is 2.16. The van der Waals surface area contributed by atoms with Gasteiger partial charge in [0.15, 0.2) is 17.5 Å². The van der Waals surface area contributed by atoms with Crippen LogP contribution >= 0.6 is 11.3 Å². The van der Waals surface area contributed by atoms with Crippen LogP contribution in [0.15, 0.2) is 40.7 Å². The van der Waals surface area contributed by atoms with Crippen LogP contribution in [0.4, 0.5) is 4.39 Å². The Kier molecular flexibility index (Phi) is 5.77. The quantitative estimate of drug-likeness (QED) is 0.657. The van der Waals surface area contributed by atoms with Crippen molar-refractivity contribution in [1.82, 2.24) is 10.2 Å². The molecule has 0 atom stereocenters. The van der Waals surface area contributed by atoms with E-state index in [1.165, 1.54) is 17.0 Å². The van der Waals surface area contributed by atoms with Gasteiger partial charge in [-0.1, -0.05) is 12.1 Å².